The molecule has 0 spiro atoms. The molecule has 0 radical (unpaired) electrons. The summed E-state index contributed by atoms with van der Waals surface area (Å²) in [6, 6.07) is 5.89. The van der Waals surface area contributed by atoms with E-state index in [-0.39, 0.29) is 34.5 Å². The SMILES string of the molecule is CC(C)(C)NC(=S)NNC(=O)CSCC(=O)Nc1ccccc1F. The number of rotatable bonds is 5. The van der Waals surface area contributed by atoms with Gasteiger partial charge in [0.05, 0.1) is 17.2 Å². The van der Waals surface area contributed by atoms with Gasteiger partial charge in [-0.1, -0.05) is 12.1 Å². The number of carbonyl (C=O) groups excluding carboxylic acids is 2. The number of anilines is 1. The Labute approximate surface area is 150 Å². The Bertz CT molecular complexity index is 605. The Balaban J connectivity index is 2.22. The molecule has 0 bridgehead atoms. The second-order valence-corrected chi connectivity index (χ2v) is 7.29. The molecule has 24 heavy (non-hydrogen) atoms. The number of carbonyl (C=O) groups is 2. The van der Waals surface area contributed by atoms with Crippen LogP contribution in [0.25, 0.3) is 0 Å². The normalized spacial score (nSPS) is 10.7. The number of hydrogen-bond donors (Lipinski definition) is 4. The van der Waals surface area contributed by atoms with E-state index in [1.54, 1.807) is 6.07 Å². The zero-order chi connectivity index (χ0) is 18.2. The molecule has 0 aliphatic rings. The number of hydrogen-bond acceptors (Lipinski definition) is 4. The van der Waals surface area contributed by atoms with Crippen LogP contribution in [0.3, 0.4) is 0 Å². The molecule has 1 aromatic carbocycles. The summed E-state index contributed by atoms with van der Waals surface area (Å²) in [6.45, 7) is 5.81. The molecule has 0 fully saturated rings. The number of benzene rings is 1. The summed E-state index contributed by atoms with van der Waals surface area (Å²) < 4.78 is 13.4. The van der Waals surface area contributed by atoms with Crippen LogP contribution in [-0.4, -0.2) is 34.0 Å². The summed E-state index contributed by atoms with van der Waals surface area (Å²) in [7, 11) is 0. The summed E-state index contributed by atoms with van der Waals surface area (Å²) in [6.07, 6.45) is 0. The first-order valence-corrected chi connectivity index (χ1v) is 8.73. The smallest absolute Gasteiger partial charge is 0.248 e. The van der Waals surface area contributed by atoms with Gasteiger partial charge in [0.15, 0.2) is 5.11 Å². The number of para-hydroxylation sites is 1. The molecule has 2 amide bonds. The van der Waals surface area contributed by atoms with Crippen LogP contribution in [0, 0.1) is 5.82 Å². The highest BCUT2D eigenvalue weighted by atomic mass is 32.2. The van der Waals surface area contributed by atoms with Crippen molar-refractivity contribution < 1.29 is 14.0 Å². The van der Waals surface area contributed by atoms with Gasteiger partial charge in [-0.25, -0.2) is 4.39 Å². The molecule has 0 saturated carbocycles. The molecule has 6 nitrogen and oxygen atoms in total. The van der Waals surface area contributed by atoms with Crippen LogP contribution in [0.5, 0.6) is 0 Å². The first kappa shape index (κ1) is 20.2. The molecule has 9 heteroatoms. The second kappa shape index (κ2) is 9.43. The van der Waals surface area contributed by atoms with Gasteiger partial charge in [-0.2, -0.15) is 0 Å². The lowest BCUT2D eigenvalue weighted by Crippen LogP contribution is -2.52. The van der Waals surface area contributed by atoms with E-state index in [2.05, 4.69) is 21.5 Å². The van der Waals surface area contributed by atoms with Crippen molar-refractivity contribution in [3.63, 3.8) is 0 Å². The first-order chi connectivity index (χ1) is 11.2. The number of nitrogens with one attached hydrogen (secondary N) is 4. The van der Waals surface area contributed by atoms with E-state index >= 15 is 0 Å². The third-order valence-electron chi connectivity index (χ3n) is 2.42. The van der Waals surface area contributed by atoms with Crippen molar-refractivity contribution in [1.29, 1.82) is 0 Å². The van der Waals surface area contributed by atoms with Gasteiger partial charge in [0.2, 0.25) is 11.8 Å². The Morgan fingerprint density at radius 3 is 2.38 bits per heavy atom. The average molecular weight is 372 g/mol. The van der Waals surface area contributed by atoms with Gasteiger partial charge in [-0.15, -0.1) is 11.8 Å². The first-order valence-electron chi connectivity index (χ1n) is 7.16. The number of halogens is 1. The third-order valence-corrected chi connectivity index (χ3v) is 3.55. The Morgan fingerprint density at radius 2 is 1.75 bits per heavy atom. The lowest BCUT2D eigenvalue weighted by atomic mass is 10.1. The highest BCUT2D eigenvalue weighted by molar-refractivity contribution is 8.00. The second-order valence-electron chi connectivity index (χ2n) is 5.90. The average Bonchev–Trinajstić information content (AvgIpc) is 2.46. The van der Waals surface area contributed by atoms with Crippen LogP contribution in [0.15, 0.2) is 24.3 Å². The minimum Gasteiger partial charge on any atom is -0.357 e. The van der Waals surface area contributed by atoms with E-state index in [0.717, 1.165) is 11.8 Å². The highest BCUT2D eigenvalue weighted by Crippen LogP contribution is 2.12. The van der Waals surface area contributed by atoms with Crippen LogP contribution in [0.4, 0.5) is 10.1 Å². The molecule has 1 aromatic rings. The molecule has 132 valence electrons. The van der Waals surface area contributed by atoms with Crippen molar-refractivity contribution in [1.82, 2.24) is 16.2 Å². The largest absolute Gasteiger partial charge is 0.357 e. The lowest BCUT2D eigenvalue weighted by molar-refractivity contribution is -0.119. The fourth-order valence-corrected chi connectivity index (χ4v) is 2.49. The maximum Gasteiger partial charge on any atom is 0.248 e. The number of amides is 2. The van der Waals surface area contributed by atoms with Crippen LogP contribution < -0.4 is 21.5 Å². The van der Waals surface area contributed by atoms with Crippen LogP contribution in [-0.2, 0) is 9.59 Å². The standard InChI is InChI=1S/C15H21FN4O2S2/c1-15(2,3)18-14(23)20-19-13(22)9-24-8-12(21)17-11-7-5-4-6-10(11)16/h4-7H,8-9H2,1-3H3,(H,17,21)(H,19,22)(H2,18,20,23). The van der Waals surface area contributed by atoms with Gasteiger partial charge in [0, 0.05) is 5.54 Å². The van der Waals surface area contributed by atoms with Crippen molar-refractivity contribution in [2.75, 3.05) is 16.8 Å². The van der Waals surface area contributed by atoms with E-state index in [1.165, 1.54) is 18.2 Å². The van der Waals surface area contributed by atoms with Crippen LogP contribution in [0.2, 0.25) is 0 Å². The van der Waals surface area contributed by atoms with E-state index in [1.807, 2.05) is 20.8 Å². The summed E-state index contributed by atoms with van der Waals surface area (Å²) in [5.41, 5.74) is 4.92. The van der Waals surface area contributed by atoms with Crippen molar-refractivity contribution >= 4 is 46.6 Å². The van der Waals surface area contributed by atoms with E-state index in [9.17, 15) is 14.0 Å². The molecule has 0 saturated heterocycles. The van der Waals surface area contributed by atoms with Gasteiger partial charge in [-0.3, -0.25) is 20.4 Å². The fourth-order valence-electron chi connectivity index (χ4n) is 1.52. The van der Waals surface area contributed by atoms with Gasteiger partial charge in [0.1, 0.15) is 5.82 Å². The zero-order valence-corrected chi connectivity index (χ0v) is 15.4. The Hall–Kier alpha value is -1.87. The van der Waals surface area contributed by atoms with E-state index in [4.69, 9.17) is 12.2 Å². The Kier molecular flexibility index (Phi) is 7.93. The molecule has 0 aliphatic heterocycles. The lowest BCUT2D eigenvalue weighted by Gasteiger charge is -2.23. The fraction of sp³-hybridized carbons (Fsp3) is 0.400. The zero-order valence-electron chi connectivity index (χ0n) is 13.7. The van der Waals surface area contributed by atoms with E-state index < -0.39 is 5.82 Å². The van der Waals surface area contributed by atoms with Crippen LogP contribution >= 0.6 is 24.0 Å². The predicted molar refractivity (Wildman–Crippen MR) is 99.1 cm³/mol. The monoisotopic (exact) mass is 372 g/mol. The summed E-state index contributed by atoms with van der Waals surface area (Å²) in [5.74, 6) is -1.10. The van der Waals surface area contributed by atoms with Crippen molar-refractivity contribution in [2.24, 2.45) is 0 Å². The maximum atomic E-state index is 13.4. The van der Waals surface area contributed by atoms with Gasteiger partial charge in [0.25, 0.3) is 0 Å². The molecule has 0 atom stereocenters. The number of hydrazine groups is 1. The molecule has 0 aliphatic carbocycles. The minimum atomic E-state index is -0.502. The van der Waals surface area contributed by atoms with Crippen molar-refractivity contribution in [3.8, 4) is 0 Å². The molecule has 4 N–H and O–H groups in total. The summed E-state index contributed by atoms with van der Waals surface area (Å²) in [4.78, 5) is 23.3. The number of thiocarbonyl (C=S) groups is 1. The number of thioether (sulfide) groups is 1. The van der Waals surface area contributed by atoms with Gasteiger partial charge >= 0.3 is 0 Å². The van der Waals surface area contributed by atoms with Crippen molar-refractivity contribution in [3.05, 3.63) is 30.1 Å². The molecular formula is C15H21FN4O2S2. The van der Waals surface area contributed by atoms with E-state index in [0.29, 0.717) is 5.11 Å². The molecule has 1 rings (SSSR count). The highest BCUT2D eigenvalue weighted by Gasteiger charge is 2.12. The molecular weight excluding hydrogens is 351 g/mol. The van der Waals surface area contributed by atoms with Crippen molar-refractivity contribution in [2.45, 2.75) is 26.3 Å². The summed E-state index contributed by atoms with van der Waals surface area (Å²) >= 11 is 6.13. The van der Waals surface area contributed by atoms with Crippen LogP contribution in [0.1, 0.15) is 20.8 Å². The molecule has 0 aromatic heterocycles. The maximum absolute atomic E-state index is 13.4. The predicted octanol–water partition coefficient (Wildman–Crippen LogP) is 1.79. The minimum absolute atomic E-state index is 0.0342. The topological polar surface area (TPSA) is 82.3 Å². The third kappa shape index (κ3) is 8.68. The van der Waals surface area contributed by atoms with Gasteiger partial charge < -0.3 is 10.6 Å². The molecule has 0 unspecified atom stereocenters. The quantitative estimate of drug-likeness (QED) is 0.466. The van der Waals surface area contributed by atoms with Gasteiger partial charge in [-0.05, 0) is 45.1 Å². The Morgan fingerprint density at radius 1 is 1.12 bits per heavy atom. The molecule has 0 heterocycles. The summed E-state index contributed by atoms with van der Waals surface area (Å²) in [5, 5.41) is 5.73.